The number of primary amides is 1. The molecule has 3 aliphatic heterocycles. The van der Waals surface area contributed by atoms with Gasteiger partial charge in [0.05, 0.1) is 0 Å². The van der Waals surface area contributed by atoms with Crippen LogP contribution in [0.25, 0.3) is 0 Å². The van der Waals surface area contributed by atoms with E-state index in [1.165, 1.54) is 4.90 Å². The predicted molar refractivity (Wildman–Crippen MR) is 91.3 cm³/mol. The van der Waals surface area contributed by atoms with Crippen LogP contribution in [-0.4, -0.2) is 77.4 Å². The number of nitrogens with one attached hydrogen (secondary N) is 1. The quantitative estimate of drug-likeness (QED) is 0.656. The summed E-state index contributed by atoms with van der Waals surface area (Å²) in [7, 11) is 1.63. The Hall–Kier alpha value is -2.58. The first-order valence-electron chi connectivity index (χ1n) is 8.40. The average Bonchev–Trinajstić information content (AvgIpc) is 2.92. The second-order valence-electron chi connectivity index (χ2n) is 6.94. The summed E-state index contributed by atoms with van der Waals surface area (Å²) in [5.74, 6) is -0.0643. The van der Waals surface area contributed by atoms with E-state index in [1.807, 2.05) is 11.8 Å². The molecule has 3 aliphatic rings. The molecule has 9 nitrogen and oxygen atoms in total. The number of fused-ring (bicyclic) bond motifs is 1. The van der Waals surface area contributed by atoms with Gasteiger partial charge in [-0.3, -0.25) is 14.9 Å². The summed E-state index contributed by atoms with van der Waals surface area (Å²) in [5, 5.41) is 2.37. The van der Waals surface area contributed by atoms with E-state index in [0.717, 1.165) is 5.57 Å². The van der Waals surface area contributed by atoms with E-state index in [2.05, 4.69) is 21.8 Å². The number of imide groups is 1. The van der Waals surface area contributed by atoms with Crippen molar-refractivity contribution in [3.63, 3.8) is 0 Å². The number of aliphatic imine (C=N–C) groups is 1. The Labute approximate surface area is 146 Å². The number of nitrogens with zero attached hydrogens (tertiary/aromatic N) is 4. The van der Waals surface area contributed by atoms with Crippen LogP contribution in [0.2, 0.25) is 0 Å². The van der Waals surface area contributed by atoms with Crippen molar-refractivity contribution in [3.05, 3.63) is 12.2 Å². The van der Waals surface area contributed by atoms with Gasteiger partial charge in [-0.15, -0.1) is 0 Å². The number of hydrogen-bond acceptors (Lipinski definition) is 6. The first-order chi connectivity index (χ1) is 11.8. The third-order valence-electron chi connectivity index (χ3n) is 4.96. The fourth-order valence-corrected chi connectivity index (χ4v) is 3.60. The molecule has 3 N–H and O–H groups in total. The van der Waals surface area contributed by atoms with Gasteiger partial charge < -0.3 is 20.4 Å². The molecule has 0 bridgehead atoms. The van der Waals surface area contributed by atoms with Crippen LogP contribution in [0, 0.1) is 5.92 Å². The molecule has 3 rings (SSSR count). The van der Waals surface area contributed by atoms with Gasteiger partial charge in [-0.1, -0.05) is 12.2 Å². The van der Waals surface area contributed by atoms with Gasteiger partial charge in [0.2, 0.25) is 5.91 Å². The minimum atomic E-state index is -0.566. The van der Waals surface area contributed by atoms with E-state index in [4.69, 9.17) is 5.73 Å². The van der Waals surface area contributed by atoms with Crippen molar-refractivity contribution in [2.24, 2.45) is 16.6 Å². The maximum absolute atomic E-state index is 12.4. The summed E-state index contributed by atoms with van der Waals surface area (Å²) < 4.78 is 0. The third kappa shape index (κ3) is 3.06. The third-order valence-corrected chi connectivity index (χ3v) is 4.96. The second-order valence-corrected chi connectivity index (χ2v) is 6.94. The largest absolute Gasteiger partial charge is 0.369 e. The van der Waals surface area contributed by atoms with Crippen molar-refractivity contribution in [1.82, 2.24) is 20.0 Å². The number of hydrogen-bond donors (Lipinski definition) is 2. The zero-order chi connectivity index (χ0) is 18.3. The Kier molecular flexibility index (Phi) is 4.40. The lowest BCUT2D eigenvalue weighted by molar-refractivity contribution is -0.127. The monoisotopic (exact) mass is 348 g/mol. The molecule has 25 heavy (non-hydrogen) atoms. The molecule has 0 saturated carbocycles. The number of guanidine groups is 1. The van der Waals surface area contributed by atoms with E-state index in [-0.39, 0.29) is 17.7 Å². The maximum Gasteiger partial charge on any atom is 0.325 e. The SMILES string of the molecule is C=C(C)CN1C(N2CCC(C(N)=O)CC2)=NC2C1C(=O)NC(=O)N2C. The smallest absolute Gasteiger partial charge is 0.325 e. The first-order valence-corrected chi connectivity index (χ1v) is 8.40. The molecular formula is C16H24N6O3. The number of likely N-dealkylation sites (tertiary alicyclic amines) is 1. The molecule has 0 aromatic carbocycles. The predicted octanol–water partition coefficient (Wildman–Crippen LogP) is -0.692. The lowest BCUT2D eigenvalue weighted by Crippen LogP contribution is -2.64. The molecular weight excluding hydrogens is 324 g/mol. The number of piperidine rings is 1. The highest BCUT2D eigenvalue weighted by Gasteiger charge is 2.49. The number of urea groups is 1. The lowest BCUT2D eigenvalue weighted by Gasteiger charge is -2.39. The molecule has 0 aromatic heterocycles. The summed E-state index contributed by atoms with van der Waals surface area (Å²) in [6.45, 7) is 7.58. The molecule has 4 amide bonds. The number of amides is 4. The van der Waals surface area contributed by atoms with Crippen LogP contribution in [0.15, 0.2) is 17.1 Å². The van der Waals surface area contributed by atoms with Gasteiger partial charge in [-0.05, 0) is 19.8 Å². The molecule has 2 fully saturated rings. The fourth-order valence-electron chi connectivity index (χ4n) is 3.60. The van der Waals surface area contributed by atoms with E-state index in [0.29, 0.717) is 38.4 Å². The molecule has 2 atom stereocenters. The first kappa shape index (κ1) is 17.2. The highest BCUT2D eigenvalue weighted by molar-refractivity contribution is 6.03. The minimum Gasteiger partial charge on any atom is -0.369 e. The number of rotatable bonds is 3. The van der Waals surface area contributed by atoms with Crippen molar-refractivity contribution < 1.29 is 14.4 Å². The molecule has 136 valence electrons. The Morgan fingerprint density at radius 2 is 2.00 bits per heavy atom. The molecule has 0 aromatic rings. The van der Waals surface area contributed by atoms with Crippen molar-refractivity contribution in [2.75, 3.05) is 26.7 Å². The molecule has 3 heterocycles. The highest BCUT2D eigenvalue weighted by atomic mass is 16.2. The van der Waals surface area contributed by atoms with Crippen molar-refractivity contribution in [3.8, 4) is 0 Å². The minimum absolute atomic E-state index is 0.123. The Morgan fingerprint density at radius 3 is 2.56 bits per heavy atom. The topological polar surface area (TPSA) is 111 Å². The van der Waals surface area contributed by atoms with Crippen molar-refractivity contribution in [2.45, 2.75) is 32.0 Å². The molecule has 9 heteroatoms. The van der Waals surface area contributed by atoms with Gasteiger partial charge >= 0.3 is 6.03 Å². The van der Waals surface area contributed by atoms with Crippen molar-refractivity contribution in [1.29, 1.82) is 0 Å². The lowest BCUT2D eigenvalue weighted by atomic mass is 9.96. The van der Waals surface area contributed by atoms with Gasteiger partial charge in [-0.2, -0.15) is 0 Å². The zero-order valence-corrected chi connectivity index (χ0v) is 14.6. The van der Waals surface area contributed by atoms with Gasteiger partial charge in [0, 0.05) is 32.6 Å². The standard InChI is InChI=1S/C16H24N6O3/c1-9(2)8-22-11-13(20(3)16(25)19-14(11)24)18-15(22)21-6-4-10(5-7-21)12(17)23/h10-11,13H,1,4-8H2,2-3H3,(H2,17,23)(H,19,24,25). The van der Waals surface area contributed by atoms with Crippen LogP contribution < -0.4 is 11.1 Å². The highest BCUT2D eigenvalue weighted by Crippen LogP contribution is 2.28. The van der Waals surface area contributed by atoms with E-state index < -0.39 is 18.2 Å². The van der Waals surface area contributed by atoms with Gasteiger partial charge in [-0.25, -0.2) is 9.79 Å². The number of nitrogens with two attached hydrogens (primary N) is 1. The van der Waals surface area contributed by atoms with Crippen LogP contribution in [0.5, 0.6) is 0 Å². The zero-order valence-electron chi connectivity index (χ0n) is 14.6. The van der Waals surface area contributed by atoms with Gasteiger partial charge in [0.15, 0.2) is 18.2 Å². The van der Waals surface area contributed by atoms with Crippen LogP contribution >= 0.6 is 0 Å². The summed E-state index contributed by atoms with van der Waals surface area (Å²) in [5.41, 5.74) is 6.30. The Balaban J connectivity index is 1.85. The molecule has 0 aliphatic carbocycles. The van der Waals surface area contributed by atoms with Gasteiger partial charge in [0.25, 0.3) is 5.91 Å². The van der Waals surface area contributed by atoms with Crippen LogP contribution in [-0.2, 0) is 9.59 Å². The summed E-state index contributed by atoms with van der Waals surface area (Å²) >= 11 is 0. The van der Waals surface area contributed by atoms with E-state index in [9.17, 15) is 14.4 Å². The van der Waals surface area contributed by atoms with E-state index >= 15 is 0 Å². The van der Waals surface area contributed by atoms with Crippen LogP contribution in [0.3, 0.4) is 0 Å². The summed E-state index contributed by atoms with van der Waals surface area (Å²) in [4.78, 5) is 45.8. The van der Waals surface area contributed by atoms with Crippen LogP contribution in [0.1, 0.15) is 19.8 Å². The normalized spacial score (nSPS) is 27.1. The average molecular weight is 348 g/mol. The Bertz CT molecular complexity index is 652. The van der Waals surface area contributed by atoms with Gasteiger partial charge in [0.1, 0.15) is 0 Å². The number of carbonyl (C=O) groups is 3. The number of likely N-dealkylation sites (N-methyl/N-ethyl adjacent to an activating group) is 1. The summed E-state index contributed by atoms with van der Waals surface area (Å²) in [6.07, 6.45) is 0.765. The van der Waals surface area contributed by atoms with Crippen molar-refractivity contribution >= 4 is 23.8 Å². The molecule has 2 saturated heterocycles. The molecule has 0 spiro atoms. The number of carbonyl (C=O) groups excluding carboxylic acids is 3. The van der Waals surface area contributed by atoms with E-state index in [1.54, 1.807) is 7.05 Å². The molecule has 2 unspecified atom stereocenters. The fraction of sp³-hybridized carbons (Fsp3) is 0.625. The molecule has 0 radical (unpaired) electrons. The Morgan fingerprint density at radius 1 is 1.36 bits per heavy atom. The van der Waals surface area contributed by atoms with Crippen LogP contribution in [0.4, 0.5) is 4.79 Å². The second kappa shape index (κ2) is 6.38. The summed E-state index contributed by atoms with van der Waals surface area (Å²) in [6, 6.07) is -1.01. The maximum atomic E-state index is 12.4.